The number of aromatic amines is 1. The van der Waals surface area contributed by atoms with E-state index in [9.17, 15) is 15.0 Å². The molecule has 15 nitrogen and oxygen atoms in total. The molecule has 0 saturated carbocycles. The van der Waals surface area contributed by atoms with E-state index in [1.165, 1.54) is 94.7 Å². The first-order chi connectivity index (χ1) is 48.9. The van der Waals surface area contributed by atoms with Crippen LogP contribution in [-0.4, -0.2) is 85.4 Å². The predicted molar refractivity (Wildman–Crippen MR) is 449 cm³/mol. The minimum Gasteiger partial charge on any atom is -1.00 e. The third-order valence-electron chi connectivity index (χ3n) is 16.7. The molecule has 18 heteroatoms. The van der Waals surface area contributed by atoms with Gasteiger partial charge in [-0.25, -0.2) is 0 Å². The maximum absolute atomic E-state index is 11.9. The minimum absolute atomic E-state index is 0. The fourth-order valence-electron chi connectivity index (χ4n) is 11.3. The van der Waals surface area contributed by atoms with Crippen LogP contribution >= 0.6 is 11.6 Å². The van der Waals surface area contributed by atoms with Crippen molar-refractivity contribution in [1.82, 2.24) is 47.0 Å². The number of nitrogens with zero attached hydrogens (tertiary/aromatic N) is 9. The number of aromatic nitrogens is 8. The zero-order valence-electron chi connectivity index (χ0n) is 63.6. The van der Waals surface area contributed by atoms with Gasteiger partial charge in [-0.1, -0.05) is 261 Å². The molecule has 3 unspecified atom stereocenters. The largest absolute Gasteiger partial charge is 2.00 e. The molecule has 14 aromatic rings. The van der Waals surface area contributed by atoms with Crippen LogP contribution in [0.25, 0.3) is 64.6 Å². The molecule has 0 saturated heterocycles. The van der Waals surface area contributed by atoms with Crippen molar-refractivity contribution < 1.29 is 37.5 Å². The summed E-state index contributed by atoms with van der Waals surface area (Å²) < 4.78 is 0. The van der Waals surface area contributed by atoms with Crippen molar-refractivity contribution >= 4 is 105 Å². The molecular weight excluding hydrogens is 1440 g/mol. The van der Waals surface area contributed by atoms with E-state index in [2.05, 4.69) is 244 Å². The molecule has 0 spiro atoms. The number of phenolic OH excluding ortho intramolecular Hbond substituents is 1. The molecule has 3 atom stereocenters. The number of aliphatic hydroxyl groups excluding tert-OH is 1. The number of rotatable bonds is 9. The van der Waals surface area contributed by atoms with E-state index in [1.807, 2.05) is 103 Å². The maximum atomic E-state index is 11.9. The van der Waals surface area contributed by atoms with Crippen LogP contribution in [0.3, 0.4) is 0 Å². The molecule has 2 heterocycles. The molecule has 8 N–H and O–H groups in total. The first-order valence-corrected chi connectivity index (χ1v) is 34.9. The summed E-state index contributed by atoms with van der Waals surface area (Å²) in [5, 5.41) is 75.0. The molecule has 0 amide bonds. The molecule has 0 aliphatic carbocycles. The average Bonchev–Trinajstić information content (AvgIpc) is 1.22. The predicted octanol–water partition coefficient (Wildman–Crippen LogP) is 19.4. The zero-order valence-corrected chi connectivity index (χ0v) is 67.3. The Bertz CT molecular complexity index is 4910. The third-order valence-corrected chi connectivity index (χ3v) is 17.4. The van der Waals surface area contributed by atoms with Crippen molar-refractivity contribution in [1.29, 1.82) is 10.5 Å². The van der Waals surface area contributed by atoms with Gasteiger partial charge in [0.25, 0.3) is 0 Å². The number of nitriles is 2. The normalized spacial score (nSPS) is 10.9. The Balaban J connectivity index is 0.000000630. The summed E-state index contributed by atoms with van der Waals surface area (Å²) in [5.41, 5.74) is 11.9. The summed E-state index contributed by atoms with van der Waals surface area (Å²) in [6.45, 7) is 31.0. The Hall–Kier alpha value is -9.79. The average molecular weight is 1550 g/mol. The van der Waals surface area contributed by atoms with E-state index in [-0.39, 0.29) is 107 Å². The van der Waals surface area contributed by atoms with E-state index in [0.717, 1.165) is 38.2 Å². The van der Waals surface area contributed by atoms with Crippen molar-refractivity contribution in [3.8, 4) is 17.9 Å². The SMILES string of the molecule is C.C.C[CH-]C.Cc1ccc2cc(C#N)ccc2c1.Cc1ccc2cc(C(=O)C(C)C)ccc2c1.Cc1ccc2cc(C(C(C)C)n3ncnn3)ccc2c1.Cc1ccc2cc(C(Cl)C(C)C)ccc2c1.Cc1ccc2cc(C(O)C(C)C)ccc2c1.N.N#Cc1ccc2cc(O)ccc2c1.O.[Br-].[Mg+2].c1nn[nH]n1. The Morgan fingerprint density at radius 3 is 1.19 bits per heavy atom. The van der Waals surface area contributed by atoms with Gasteiger partial charge in [-0.2, -0.15) is 34.4 Å². The van der Waals surface area contributed by atoms with Crippen molar-refractivity contribution in [2.24, 2.45) is 23.7 Å². The number of aromatic hydroxyl groups is 1. The fourth-order valence-corrected chi connectivity index (χ4v) is 11.4. The van der Waals surface area contributed by atoms with Crippen molar-refractivity contribution in [2.75, 3.05) is 0 Å². The number of carbonyl (C=O) groups excluding carboxylic acids is 1. The number of hydrogen-bond acceptors (Lipinski definition) is 12. The number of nitrogens with one attached hydrogen (secondary N) is 1. The summed E-state index contributed by atoms with van der Waals surface area (Å²) in [7, 11) is 0. The van der Waals surface area contributed by atoms with Crippen molar-refractivity contribution in [3.63, 3.8) is 0 Å². The van der Waals surface area contributed by atoms with Gasteiger partial charge in [0.1, 0.15) is 11.8 Å². The molecule has 2 aromatic heterocycles. The topological polar surface area (TPSA) is 270 Å². The van der Waals surface area contributed by atoms with Crippen LogP contribution in [0.2, 0.25) is 0 Å². The van der Waals surface area contributed by atoms with Gasteiger partial charge in [0.05, 0.1) is 34.7 Å². The second kappa shape index (κ2) is 47.8. The number of fused-ring (bicyclic) bond motifs is 6. The number of carbonyl (C=O) groups is 1. The molecule has 14 rings (SSSR count). The number of phenols is 1. The Labute approximate surface area is 671 Å². The van der Waals surface area contributed by atoms with Crippen molar-refractivity contribution in [3.05, 3.63) is 299 Å². The monoisotopic (exact) mass is 1540 g/mol. The van der Waals surface area contributed by atoms with Crippen LogP contribution in [0.4, 0.5) is 0 Å². The number of ketones is 1. The van der Waals surface area contributed by atoms with Gasteiger partial charge in [0.15, 0.2) is 18.4 Å². The van der Waals surface area contributed by atoms with E-state index in [0.29, 0.717) is 17.4 Å². The summed E-state index contributed by atoms with van der Waals surface area (Å²) in [6, 6.07) is 77.6. The van der Waals surface area contributed by atoms with Gasteiger partial charge in [0, 0.05) is 11.5 Å². The standard InChI is InChI=1S/C16H18N4.C15H17Cl.C15H18O.C15H16O.C12H9N.C11H7NO.C3H7.CH2N4.2CH4.BrH.Mg.H3N.H2O/c1-11(2)16(20-18-10-17-19-20)15-7-6-13-8-12(3)4-5-14(13)9-15;3*1-10(2)15(16)14-7-6-12-8-11(3)4-5-13(12)9-14;1-9-2-4-12-7-10(8-13)3-5-11(12)6-9;12-7-8-1-2-10-6-11(13)4-3-9(10)5-8;1-3-2;1-2-4-5-3-1;;;;;;/h4-11,16H,1-3H3;4-10,15H,1-3H3;4-10,15-16H,1-3H3;4-10H,1-3H3;2-7H,1H3;1-6,13H;3H,1-2H3;1H,(H,2,3,4,5);2*1H4;1H;;1H3;1H2/q;;;;;;-1;;;;;+2;;/p-1. The number of tetrazole rings is 2. The van der Waals surface area contributed by atoms with Gasteiger partial charge in [-0.3, -0.25) is 4.79 Å². The Morgan fingerprint density at radius 1 is 0.472 bits per heavy atom. The number of H-pyrrole nitrogens is 1. The van der Waals surface area contributed by atoms with Crippen LogP contribution in [0.1, 0.15) is 168 Å². The molecule has 0 bridgehead atoms. The first-order valence-electron chi connectivity index (χ1n) is 34.4. The fraction of sp³-hybridized carbons (Fsp3) is 0.267. The van der Waals surface area contributed by atoms with Gasteiger partial charge < -0.3 is 45.2 Å². The number of alkyl halides is 1. The van der Waals surface area contributed by atoms with E-state index >= 15 is 0 Å². The third kappa shape index (κ3) is 28.7. The summed E-state index contributed by atoms with van der Waals surface area (Å²) in [6.07, 6.45) is 4.45. The molecule has 108 heavy (non-hydrogen) atoms. The van der Waals surface area contributed by atoms with E-state index in [1.54, 1.807) is 35.1 Å². The molecule has 0 aliphatic rings. The smallest absolute Gasteiger partial charge is 1.00 e. The number of halogens is 2. The molecule has 562 valence electrons. The molecule has 0 aliphatic heterocycles. The second-order valence-electron chi connectivity index (χ2n) is 26.9. The molecule has 0 fully saturated rings. The Kier molecular flexibility index (Phi) is 42.6. The quantitative estimate of drug-likeness (QED) is 0.0455. The van der Waals surface area contributed by atoms with Crippen LogP contribution in [0, 0.1) is 87.4 Å². The zero-order chi connectivity index (χ0) is 74.0. The van der Waals surface area contributed by atoms with Crippen LogP contribution in [0.5, 0.6) is 5.75 Å². The van der Waals surface area contributed by atoms with Gasteiger partial charge in [-0.15, -0.1) is 32.0 Å². The molecular formula is C90H107BrClMgN11O4. The number of hydrogen-bond donors (Lipinski definition) is 4. The molecule has 12 aromatic carbocycles. The summed E-state index contributed by atoms with van der Waals surface area (Å²) in [4.78, 5) is 13.5. The number of benzene rings is 12. The number of aliphatic hydroxyl groups is 1. The first kappa shape index (κ1) is 96.2. The van der Waals surface area contributed by atoms with Gasteiger partial charge >= 0.3 is 23.1 Å². The van der Waals surface area contributed by atoms with Gasteiger partial charge in [0.2, 0.25) is 0 Å². The second-order valence-corrected chi connectivity index (χ2v) is 27.3. The number of Topliss-reactive ketones (excluding diaryl/α,β-unsaturated/α-hetero) is 1. The summed E-state index contributed by atoms with van der Waals surface area (Å²) in [5.74, 6) is 1.63. The van der Waals surface area contributed by atoms with Crippen LogP contribution < -0.4 is 23.1 Å². The van der Waals surface area contributed by atoms with E-state index in [4.69, 9.17) is 22.1 Å². The van der Waals surface area contributed by atoms with Crippen LogP contribution in [0.15, 0.2) is 231 Å². The number of aryl methyl sites for hydroxylation is 5. The van der Waals surface area contributed by atoms with Crippen LogP contribution in [-0.2, 0) is 0 Å². The minimum atomic E-state index is -0.370. The molecule has 0 radical (unpaired) electrons. The Morgan fingerprint density at radius 2 is 0.824 bits per heavy atom. The van der Waals surface area contributed by atoms with Crippen molar-refractivity contribution in [2.45, 2.75) is 136 Å². The summed E-state index contributed by atoms with van der Waals surface area (Å²) >= 11 is 6.37. The van der Waals surface area contributed by atoms with Gasteiger partial charge in [-0.05, 0) is 200 Å². The van der Waals surface area contributed by atoms with E-state index < -0.39 is 0 Å². The maximum Gasteiger partial charge on any atom is 2.00 e.